The Labute approximate surface area is 154 Å². The van der Waals surface area contributed by atoms with Gasteiger partial charge >= 0.3 is 5.97 Å². The number of methoxy groups -OCH3 is 1. The van der Waals surface area contributed by atoms with Crippen LogP contribution in [0.4, 0.5) is 0 Å². The Morgan fingerprint density at radius 3 is 2.69 bits per heavy atom. The normalized spacial score (nSPS) is 14.2. The lowest BCUT2D eigenvalue weighted by Gasteiger charge is -2.15. The molecule has 140 valence electrons. The second-order valence-corrected chi connectivity index (χ2v) is 7.13. The van der Waals surface area contributed by atoms with Gasteiger partial charge in [0.05, 0.1) is 18.3 Å². The molecule has 0 N–H and O–H groups in total. The topological polar surface area (TPSA) is 90.7 Å². The number of rotatable bonds is 6. The van der Waals surface area contributed by atoms with Crippen molar-refractivity contribution in [3.05, 3.63) is 27.1 Å². The van der Waals surface area contributed by atoms with E-state index in [1.807, 2.05) is 0 Å². The number of aromatic nitrogens is 2. The molecule has 0 aromatic carbocycles. The van der Waals surface area contributed by atoms with Crippen molar-refractivity contribution in [3.63, 3.8) is 0 Å². The molecule has 0 aliphatic carbocycles. The number of esters is 1. The van der Waals surface area contributed by atoms with Crippen LogP contribution < -0.4 is 5.56 Å². The van der Waals surface area contributed by atoms with E-state index in [1.54, 1.807) is 11.8 Å². The van der Waals surface area contributed by atoms with Gasteiger partial charge in [0.25, 0.3) is 5.56 Å². The molecule has 9 heteroatoms. The number of likely N-dealkylation sites (tertiary alicyclic amines) is 1. The number of fused-ring (bicyclic) bond motifs is 1. The Kier molecular flexibility index (Phi) is 5.67. The summed E-state index contributed by atoms with van der Waals surface area (Å²) in [6.45, 7) is 3.58. The van der Waals surface area contributed by atoms with Gasteiger partial charge in [0.15, 0.2) is 0 Å². The molecule has 0 bridgehead atoms. The van der Waals surface area contributed by atoms with Gasteiger partial charge in [-0.2, -0.15) is 0 Å². The average molecular weight is 379 g/mol. The highest BCUT2D eigenvalue weighted by atomic mass is 32.1. The smallest absolute Gasteiger partial charge is 0.348 e. The molecule has 1 aliphatic heterocycles. The van der Waals surface area contributed by atoms with Crippen LogP contribution in [-0.4, -0.2) is 59.7 Å². The van der Waals surface area contributed by atoms with E-state index in [1.165, 1.54) is 18.0 Å². The fourth-order valence-electron chi connectivity index (χ4n) is 2.96. The van der Waals surface area contributed by atoms with Gasteiger partial charge in [0, 0.05) is 20.2 Å². The van der Waals surface area contributed by atoms with E-state index in [4.69, 9.17) is 9.47 Å². The highest BCUT2D eigenvalue weighted by Crippen LogP contribution is 2.27. The Morgan fingerprint density at radius 2 is 2.00 bits per heavy atom. The second kappa shape index (κ2) is 7.96. The number of carbonyl (C=O) groups is 2. The van der Waals surface area contributed by atoms with E-state index in [2.05, 4.69) is 4.98 Å². The van der Waals surface area contributed by atoms with Gasteiger partial charge < -0.3 is 14.4 Å². The summed E-state index contributed by atoms with van der Waals surface area (Å²) in [6.07, 6.45) is 3.36. The van der Waals surface area contributed by atoms with Crippen molar-refractivity contribution in [1.29, 1.82) is 0 Å². The molecule has 1 amide bonds. The number of thiophene rings is 1. The lowest BCUT2D eigenvalue weighted by Crippen LogP contribution is -2.34. The molecule has 0 spiro atoms. The van der Waals surface area contributed by atoms with Crippen LogP contribution in [0, 0.1) is 6.92 Å². The minimum Gasteiger partial charge on any atom is -0.459 e. The maximum atomic E-state index is 12.8. The van der Waals surface area contributed by atoms with Crippen LogP contribution in [-0.2, 0) is 20.8 Å². The van der Waals surface area contributed by atoms with E-state index in [-0.39, 0.29) is 24.6 Å². The summed E-state index contributed by atoms with van der Waals surface area (Å²) in [7, 11) is 1.52. The van der Waals surface area contributed by atoms with Crippen LogP contribution >= 0.6 is 11.3 Å². The highest BCUT2D eigenvalue weighted by Gasteiger charge is 2.22. The third kappa shape index (κ3) is 3.63. The lowest BCUT2D eigenvalue weighted by atomic mass is 10.2. The summed E-state index contributed by atoms with van der Waals surface area (Å²) in [6, 6.07) is 0. The summed E-state index contributed by atoms with van der Waals surface area (Å²) >= 11 is 1.12. The molecule has 0 radical (unpaired) electrons. The van der Waals surface area contributed by atoms with Crippen LogP contribution in [0.15, 0.2) is 11.1 Å². The fourth-order valence-corrected chi connectivity index (χ4v) is 4.00. The van der Waals surface area contributed by atoms with Crippen molar-refractivity contribution < 1.29 is 19.1 Å². The Bertz CT molecular complexity index is 882. The van der Waals surface area contributed by atoms with Crippen molar-refractivity contribution >= 4 is 33.4 Å². The number of aryl methyl sites for hydroxylation is 1. The summed E-state index contributed by atoms with van der Waals surface area (Å²) in [4.78, 5) is 44.1. The number of nitrogens with zero attached hydrogens (tertiary/aromatic N) is 3. The number of amides is 1. The minimum atomic E-state index is -0.498. The van der Waals surface area contributed by atoms with Gasteiger partial charge in [0.2, 0.25) is 5.91 Å². The van der Waals surface area contributed by atoms with Crippen LogP contribution in [0.2, 0.25) is 0 Å². The van der Waals surface area contributed by atoms with Gasteiger partial charge in [-0.1, -0.05) is 0 Å². The highest BCUT2D eigenvalue weighted by molar-refractivity contribution is 7.20. The van der Waals surface area contributed by atoms with E-state index in [0.717, 1.165) is 37.3 Å². The Balaban J connectivity index is 1.86. The molecule has 3 rings (SSSR count). The van der Waals surface area contributed by atoms with Crippen molar-refractivity contribution in [2.45, 2.75) is 26.3 Å². The SMILES string of the molecule is COCCOC(=O)c1sc2ncn(CC(=O)N3CCCC3)c(=O)c2c1C. The maximum Gasteiger partial charge on any atom is 0.348 e. The average Bonchev–Trinajstić information content (AvgIpc) is 3.26. The molecule has 0 saturated carbocycles. The number of carbonyl (C=O) groups excluding carboxylic acids is 2. The summed E-state index contributed by atoms with van der Waals surface area (Å²) in [5.74, 6) is -0.584. The first-order valence-electron chi connectivity index (χ1n) is 8.45. The van der Waals surface area contributed by atoms with Gasteiger partial charge in [-0.25, -0.2) is 9.78 Å². The predicted molar refractivity (Wildman–Crippen MR) is 96.6 cm³/mol. The maximum absolute atomic E-state index is 12.8. The van der Waals surface area contributed by atoms with E-state index >= 15 is 0 Å². The third-order valence-corrected chi connectivity index (χ3v) is 5.57. The third-order valence-electron chi connectivity index (χ3n) is 4.39. The first-order valence-corrected chi connectivity index (χ1v) is 9.27. The van der Waals surface area contributed by atoms with Crippen molar-refractivity contribution in [1.82, 2.24) is 14.5 Å². The molecule has 8 nitrogen and oxygen atoms in total. The minimum absolute atomic E-state index is 0.0370. The molecule has 26 heavy (non-hydrogen) atoms. The Morgan fingerprint density at radius 1 is 1.27 bits per heavy atom. The van der Waals surface area contributed by atoms with E-state index in [0.29, 0.717) is 27.3 Å². The molecular weight excluding hydrogens is 358 g/mol. The molecule has 0 unspecified atom stereocenters. The quantitative estimate of drug-likeness (QED) is 0.553. The molecule has 2 aromatic rings. The van der Waals surface area contributed by atoms with Crippen LogP contribution in [0.25, 0.3) is 10.2 Å². The molecule has 1 fully saturated rings. The molecule has 0 atom stereocenters. The van der Waals surface area contributed by atoms with E-state index in [9.17, 15) is 14.4 Å². The standard InChI is InChI=1S/C17H21N3O5S/c1-11-13-15(26-14(11)17(23)25-8-7-24-2)18-10-20(16(13)22)9-12(21)19-5-3-4-6-19/h10H,3-9H2,1-2H3. The van der Waals surface area contributed by atoms with Crippen LogP contribution in [0.3, 0.4) is 0 Å². The molecule has 2 aromatic heterocycles. The van der Waals surface area contributed by atoms with Crippen molar-refractivity contribution in [3.8, 4) is 0 Å². The van der Waals surface area contributed by atoms with Gasteiger partial charge in [-0.15, -0.1) is 11.3 Å². The number of hydrogen-bond donors (Lipinski definition) is 0. The summed E-state index contributed by atoms with van der Waals surface area (Å²) in [5, 5.41) is 0.366. The molecule has 1 aliphatic rings. The summed E-state index contributed by atoms with van der Waals surface area (Å²) in [5.41, 5.74) is 0.222. The zero-order valence-electron chi connectivity index (χ0n) is 14.8. The number of hydrogen-bond acceptors (Lipinski definition) is 7. The Hall–Kier alpha value is -2.26. The van der Waals surface area contributed by atoms with E-state index < -0.39 is 5.97 Å². The van der Waals surface area contributed by atoms with Gasteiger partial charge in [0.1, 0.15) is 22.9 Å². The van der Waals surface area contributed by atoms with Crippen LogP contribution in [0.1, 0.15) is 28.1 Å². The summed E-state index contributed by atoms with van der Waals surface area (Å²) < 4.78 is 11.3. The zero-order chi connectivity index (χ0) is 18.7. The molecule has 1 saturated heterocycles. The largest absolute Gasteiger partial charge is 0.459 e. The van der Waals surface area contributed by atoms with Gasteiger partial charge in [-0.05, 0) is 25.3 Å². The second-order valence-electron chi connectivity index (χ2n) is 6.13. The first kappa shape index (κ1) is 18.5. The molecule has 3 heterocycles. The van der Waals surface area contributed by atoms with Gasteiger partial charge in [-0.3, -0.25) is 14.2 Å². The van der Waals surface area contributed by atoms with Crippen molar-refractivity contribution in [2.75, 3.05) is 33.4 Å². The van der Waals surface area contributed by atoms with Crippen molar-refractivity contribution in [2.24, 2.45) is 0 Å². The number of ether oxygens (including phenoxy) is 2. The van der Waals surface area contributed by atoms with Crippen LogP contribution in [0.5, 0.6) is 0 Å². The monoisotopic (exact) mass is 379 g/mol. The zero-order valence-corrected chi connectivity index (χ0v) is 15.6. The molecular formula is C17H21N3O5S. The first-order chi connectivity index (χ1) is 12.5. The fraction of sp³-hybridized carbons (Fsp3) is 0.529. The lowest BCUT2D eigenvalue weighted by molar-refractivity contribution is -0.130. The predicted octanol–water partition coefficient (Wildman–Crippen LogP) is 1.19.